The second-order valence-electron chi connectivity index (χ2n) is 22.1. The van der Waals surface area contributed by atoms with Gasteiger partial charge in [-0.05, 0) is 96.3 Å². The molecule has 90 heavy (non-hydrogen) atoms. The van der Waals surface area contributed by atoms with Crippen molar-refractivity contribution in [2.24, 2.45) is 5.16 Å². The number of Topliss-reactive ketones (excluding diaryl/α,β-unsaturated/α-hetero) is 1. The molecule has 1 aliphatic heterocycles. The van der Waals surface area contributed by atoms with E-state index in [4.69, 9.17) is 38.0 Å². The second kappa shape index (κ2) is 30.3. The van der Waals surface area contributed by atoms with Gasteiger partial charge < -0.3 is 84.0 Å². The summed E-state index contributed by atoms with van der Waals surface area (Å²) in [6.45, 7) is 6.83. The van der Waals surface area contributed by atoms with E-state index < -0.39 is 107 Å². The topological polar surface area (TPSA) is 311 Å². The van der Waals surface area contributed by atoms with Gasteiger partial charge in [0, 0.05) is 49.0 Å². The number of allylic oxidation sites excluding steroid dienone is 1. The SMILES string of the molecule is CC/C(=C(\c1ccccc1)c1ccc(OCCN(C)CCOCCOCCOCCO/N=C/c2ccc(C(=O)N[C@H]3C[C@H](O[C@H]4C[C@](O)(C(=O)CO)Cc5c(O)c6c(c(O)c54)C(=O)c4c(OC)cccc4C6=O)O[C@@H](C)[C@H]3O)c(O)c2)cc1)c1ccc(O)cc1. The first kappa shape index (κ1) is 65.9. The summed E-state index contributed by atoms with van der Waals surface area (Å²) in [6.07, 6.45) is -4.61. The van der Waals surface area contributed by atoms with Gasteiger partial charge in [0.05, 0.1) is 93.5 Å². The fourth-order valence-electron chi connectivity index (χ4n) is 11.4. The van der Waals surface area contributed by atoms with Gasteiger partial charge in [-0.15, -0.1) is 0 Å². The predicted octanol–water partition coefficient (Wildman–Crippen LogP) is 6.66. The van der Waals surface area contributed by atoms with Crippen LogP contribution in [0.3, 0.4) is 0 Å². The van der Waals surface area contributed by atoms with E-state index in [2.05, 4.69) is 46.6 Å². The Labute approximate surface area is 520 Å². The third-order valence-electron chi connectivity index (χ3n) is 16.1. The Morgan fingerprint density at radius 2 is 1.42 bits per heavy atom. The largest absolute Gasteiger partial charge is 0.508 e. The van der Waals surface area contributed by atoms with Crippen LogP contribution in [0.4, 0.5) is 0 Å². The summed E-state index contributed by atoms with van der Waals surface area (Å²) >= 11 is 0. The Balaban J connectivity index is 0.667. The highest BCUT2D eigenvalue weighted by Gasteiger charge is 2.50. The number of rotatable bonds is 29. The minimum Gasteiger partial charge on any atom is -0.508 e. The molecule has 1 heterocycles. The smallest absolute Gasteiger partial charge is 0.255 e. The number of benzene rings is 6. The van der Waals surface area contributed by atoms with Gasteiger partial charge in [-0.2, -0.15) is 0 Å². The number of hydrogen-bond acceptors (Lipinski definition) is 21. The molecule has 2 aliphatic carbocycles. The van der Waals surface area contributed by atoms with Crippen LogP contribution in [-0.4, -0.2) is 187 Å². The normalized spacial score (nSPS) is 19.8. The molecule has 3 aliphatic rings. The van der Waals surface area contributed by atoms with Gasteiger partial charge in [-0.1, -0.05) is 84.9 Å². The first-order chi connectivity index (χ1) is 43.4. The highest BCUT2D eigenvalue weighted by Crippen LogP contribution is 2.53. The molecule has 6 aromatic rings. The number of ketones is 3. The number of carbonyl (C=O) groups is 4. The van der Waals surface area contributed by atoms with Gasteiger partial charge in [0.1, 0.15) is 66.0 Å². The zero-order valence-electron chi connectivity index (χ0n) is 50.5. The van der Waals surface area contributed by atoms with Crippen LogP contribution in [0.15, 0.2) is 120 Å². The molecule has 476 valence electrons. The van der Waals surface area contributed by atoms with Crippen LogP contribution >= 0.6 is 0 Å². The molecular formula is C68H75N3O19. The number of likely N-dealkylation sites (N-methyl/N-ethyl adjacent to an activating group) is 1. The molecule has 0 aromatic heterocycles. The second-order valence-corrected chi connectivity index (χ2v) is 22.1. The minimum absolute atomic E-state index is 0.0382. The molecule has 22 nitrogen and oxygen atoms in total. The number of phenolic OH excluding ortho intramolecular Hbond substituents is 4. The van der Waals surface area contributed by atoms with Gasteiger partial charge in [-0.3, -0.25) is 19.2 Å². The number of aliphatic hydroxyl groups excluding tert-OH is 2. The first-order valence-corrected chi connectivity index (χ1v) is 29.7. The summed E-state index contributed by atoms with van der Waals surface area (Å²) in [7, 11) is 3.31. The lowest BCUT2D eigenvalue weighted by Gasteiger charge is -2.43. The summed E-state index contributed by atoms with van der Waals surface area (Å²) in [5.74, 6) is -4.43. The monoisotopic (exact) mass is 1240 g/mol. The van der Waals surface area contributed by atoms with Crippen LogP contribution in [0.1, 0.15) is 115 Å². The van der Waals surface area contributed by atoms with E-state index in [1.54, 1.807) is 12.1 Å². The van der Waals surface area contributed by atoms with Crippen molar-refractivity contribution in [3.8, 4) is 34.5 Å². The van der Waals surface area contributed by atoms with Crippen LogP contribution in [0, 0.1) is 0 Å². The van der Waals surface area contributed by atoms with Crippen molar-refractivity contribution in [1.82, 2.24) is 10.2 Å². The predicted molar refractivity (Wildman–Crippen MR) is 329 cm³/mol. The van der Waals surface area contributed by atoms with Crippen LogP contribution in [0.2, 0.25) is 0 Å². The van der Waals surface area contributed by atoms with Gasteiger partial charge in [-0.25, -0.2) is 0 Å². The lowest BCUT2D eigenvalue weighted by atomic mass is 9.72. The average Bonchev–Trinajstić information content (AvgIpc) is 0.762. The van der Waals surface area contributed by atoms with Gasteiger partial charge in [0.2, 0.25) is 5.78 Å². The fraction of sp³-hybridized carbons (Fsp3) is 0.368. The van der Waals surface area contributed by atoms with Crippen LogP contribution in [-0.2, 0) is 39.7 Å². The zero-order chi connectivity index (χ0) is 64.1. The molecule has 9 rings (SSSR count). The summed E-state index contributed by atoms with van der Waals surface area (Å²) in [4.78, 5) is 62.1. The number of oxime groups is 1. The van der Waals surface area contributed by atoms with E-state index in [9.17, 15) is 54.9 Å². The highest BCUT2D eigenvalue weighted by atomic mass is 16.7. The number of amides is 1. The summed E-state index contributed by atoms with van der Waals surface area (Å²) in [6, 6.07) is 33.1. The van der Waals surface area contributed by atoms with Crippen LogP contribution < -0.4 is 14.8 Å². The maximum atomic E-state index is 14.1. The fourth-order valence-corrected chi connectivity index (χ4v) is 11.4. The Morgan fingerprint density at radius 1 is 0.767 bits per heavy atom. The average molecular weight is 1240 g/mol. The molecule has 1 fully saturated rings. The lowest BCUT2D eigenvalue weighted by molar-refractivity contribution is -0.249. The minimum atomic E-state index is -2.40. The Morgan fingerprint density at radius 3 is 2.10 bits per heavy atom. The van der Waals surface area contributed by atoms with E-state index in [0.29, 0.717) is 58.3 Å². The molecule has 1 saturated heterocycles. The molecule has 0 unspecified atom stereocenters. The number of phenols is 4. The maximum Gasteiger partial charge on any atom is 0.255 e. The quantitative estimate of drug-likeness (QED) is 0.00798. The molecular weight excluding hydrogens is 1160 g/mol. The highest BCUT2D eigenvalue weighted by molar-refractivity contribution is 6.31. The number of carbonyl (C=O) groups excluding carboxylic acids is 4. The number of hydrogen-bond donors (Lipinski definition) is 8. The van der Waals surface area contributed by atoms with E-state index in [1.807, 2.05) is 49.5 Å². The number of ether oxygens (including phenoxy) is 7. The number of nitrogens with one attached hydrogen (secondary N) is 1. The summed E-state index contributed by atoms with van der Waals surface area (Å²) in [5, 5.41) is 83.7. The van der Waals surface area contributed by atoms with E-state index in [1.165, 1.54) is 62.2 Å². The molecule has 6 atom stereocenters. The van der Waals surface area contributed by atoms with E-state index in [0.717, 1.165) is 34.4 Å². The van der Waals surface area contributed by atoms with Gasteiger partial charge in [0.25, 0.3) is 5.91 Å². The van der Waals surface area contributed by atoms with E-state index >= 15 is 0 Å². The summed E-state index contributed by atoms with van der Waals surface area (Å²) < 4.78 is 40.6. The van der Waals surface area contributed by atoms with Gasteiger partial charge >= 0.3 is 0 Å². The van der Waals surface area contributed by atoms with Crippen molar-refractivity contribution < 1.29 is 92.9 Å². The number of aromatic hydroxyl groups is 4. The van der Waals surface area contributed by atoms with Crippen molar-refractivity contribution in [3.63, 3.8) is 0 Å². The third-order valence-corrected chi connectivity index (χ3v) is 16.1. The first-order valence-electron chi connectivity index (χ1n) is 29.7. The van der Waals surface area contributed by atoms with Crippen LogP contribution in [0.25, 0.3) is 11.1 Å². The Hall–Kier alpha value is -8.55. The van der Waals surface area contributed by atoms with Crippen LogP contribution in [0.5, 0.6) is 34.5 Å². The molecule has 8 N–H and O–H groups in total. The Kier molecular flexibility index (Phi) is 22.2. The van der Waals surface area contributed by atoms with E-state index in [-0.39, 0.29) is 59.0 Å². The number of fused-ring (bicyclic) bond motifs is 3. The maximum absolute atomic E-state index is 14.1. The molecule has 0 radical (unpaired) electrons. The van der Waals surface area contributed by atoms with Crippen molar-refractivity contribution in [3.05, 3.63) is 176 Å². The number of nitrogens with zero attached hydrogens (tertiary/aromatic N) is 2. The molecule has 0 bridgehead atoms. The third kappa shape index (κ3) is 15.2. The van der Waals surface area contributed by atoms with Gasteiger partial charge in [0.15, 0.2) is 17.9 Å². The molecule has 22 heteroatoms. The number of methoxy groups -OCH3 is 1. The molecule has 6 aromatic carbocycles. The molecule has 0 saturated carbocycles. The molecule has 0 spiro atoms. The van der Waals surface area contributed by atoms with Crippen molar-refractivity contribution >= 4 is 40.6 Å². The molecule has 1 amide bonds. The van der Waals surface area contributed by atoms with Crippen molar-refractivity contribution in [2.75, 3.05) is 86.7 Å². The zero-order valence-corrected chi connectivity index (χ0v) is 50.5. The lowest BCUT2D eigenvalue weighted by Crippen LogP contribution is -2.55. The number of aliphatic hydroxyl groups is 3. The summed E-state index contributed by atoms with van der Waals surface area (Å²) in [5.41, 5.74) is 1.53. The van der Waals surface area contributed by atoms with Crippen molar-refractivity contribution in [1.29, 1.82) is 0 Å². The standard InChI is InChI=1S/C68H75N3O19/c1-5-47(42-15-19-45(73)20-16-42)57(43-10-7-6-8-11-43)44-17-21-46(22-18-44)87-27-25-71(3)24-26-84-28-29-85-30-31-86-32-33-88-69-38-41-14-23-48(52(74)34-41)67(81)70-51-35-56(89-40(2)62(51)76)90-54-37-68(82,55(75)39-72)36-50-59(54)66(80)61-60(64(50)78)63(77)49-12-9-13-53(83-4)58(49)65(61)79/h6-23,34,38,40,51,54,56,62,72-74,76,78,80,82H,5,24-33,35-37,39H2,1-4H3,(H,70,81)/b57-47-,69-38+/t40-,51-,54-,56-,62+,68-/m0/s1. The Bertz CT molecular complexity index is 3580. The van der Waals surface area contributed by atoms with Crippen molar-refractivity contribution in [2.45, 2.75) is 75.8 Å².